The topological polar surface area (TPSA) is 39.1 Å². The van der Waals surface area contributed by atoms with Gasteiger partial charge in [-0.15, -0.1) is 0 Å². The highest BCUT2D eigenvalue weighted by Gasteiger charge is 2.20. The van der Waals surface area contributed by atoms with Gasteiger partial charge < -0.3 is 14.6 Å². The second-order valence-corrected chi connectivity index (χ2v) is 4.80. The summed E-state index contributed by atoms with van der Waals surface area (Å²) < 4.78 is 7.48. The standard InChI is InChI=1S/C13H23N3O/c1-11-9-15-13(12-5-3-6-14-10-12)16(11)7-4-8-17-2/h9,12,14H,3-8,10H2,1-2H3. The van der Waals surface area contributed by atoms with E-state index in [4.69, 9.17) is 4.74 Å². The first kappa shape index (κ1) is 12.6. The molecule has 1 aromatic rings. The molecule has 1 aliphatic rings. The minimum absolute atomic E-state index is 0.583. The van der Waals surface area contributed by atoms with Crippen LogP contribution in [0.5, 0.6) is 0 Å². The second-order valence-electron chi connectivity index (χ2n) is 4.80. The molecule has 0 radical (unpaired) electrons. The van der Waals surface area contributed by atoms with Gasteiger partial charge in [0.1, 0.15) is 5.82 Å². The summed E-state index contributed by atoms with van der Waals surface area (Å²) in [6.45, 7) is 6.20. The first-order chi connectivity index (χ1) is 8.33. The number of rotatable bonds is 5. The molecular formula is C13H23N3O. The summed E-state index contributed by atoms with van der Waals surface area (Å²) in [4.78, 5) is 4.60. The fraction of sp³-hybridized carbons (Fsp3) is 0.769. The van der Waals surface area contributed by atoms with E-state index in [9.17, 15) is 0 Å². The van der Waals surface area contributed by atoms with Gasteiger partial charge in [0, 0.05) is 44.6 Å². The van der Waals surface area contributed by atoms with Gasteiger partial charge in [-0.3, -0.25) is 0 Å². The normalized spacial score (nSPS) is 20.7. The highest BCUT2D eigenvalue weighted by Crippen LogP contribution is 2.23. The van der Waals surface area contributed by atoms with Crippen molar-refractivity contribution in [2.75, 3.05) is 26.8 Å². The van der Waals surface area contributed by atoms with Gasteiger partial charge in [0.2, 0.25) is 0 Å². The van der Waals surface area contributed by atoms with Crippen LogP contribution in [0, 0.1) is 6.92 Å². The smallest absolute Gasteiger partial charge is 0.113 e. The Morgan fingerprint density at radius 1 is 1.59 bits per heavy atom. The van der Waals surface area contributed by atoms with Crippen LogP contribution in [-0.4, -0.2) is 36.4 Å². The van der Waals surface area contributed by atoms with Gasteiger partial charge in [-0.25, -0.2) is 4.98 Å². The molecule has 1 atom stereocenters. The monoisotopic (exact) mass is 237 g/mol. The molecule has 0 bridgehead atoms. The molecule has 0 amide bonds. The Kier molecular flexibility index (Phi) is 4.57. The Hall–Kier alpha value is -0.870. The zero-order valence-electron chi connectivity index (χ0n) is 10.9. The molecule has 1 aliphatic heterocycles. The predicted molar refractivity (Wildman–Crippen MR) is 68.3 cm³/mol. The zero-order chi connectivity index (χ0) is 12.1. The molecule has 2 rings (SSSR count). The van der Waals surface area contributed by atoms with Crippen molar-refractivity contribution in [3.63, 3.8) is 0 Å². The van der Waals surface area contributed by atoms with Gasteiger partial charge in [0.05, 0.1) is 0 Å². The number of ether oxygens (including phenoxy) is 1. The Bertz CT molecular complexity index is 342. The third-order valence-electron chi connectivity index (χ3n) is 3.48. The van der Waals surface area contributed by atoms with Crippen molar-refractivity contribution in [2.45, 2.75) is 38.6 Å². The van der Waals surface area contributed by atoms with Crippen molar-refractivity contribution in [3.8, 4) is 0 Å². The number of piperidine rings is 1. The van der Waals surface area contributed by atoms with Crippen LogP contribution in [-0.2, 0) is 11.3 Å². The van der Waals surface area contributed by atoms with Crippen molar-refractivity contribution in [1.82, 2.24) is 14.9 Å². The van der Waals surface area contributed by atoms with Crippen LogP contribution in [0.4, 0.5) is 0 Å². The maximum Gasteiger partial charge on any atom is 0.113 e. The Morgan fingerprint density at radius 2 is 2.47 bits per heavy atom. The summed E-state index contributed by atoms with van der Waals surface area (Å²) >= 11 is 0. The average molecular weight is 237 g/mol. The Balaban J connectivity index is 2.04. The molecule has 2 heterocycles. The third-order valence-corrected chi connectivity index (χ3v) is 3.48. The fourth-order valence-corrected chi connectivity index (χ4v) is 2.54. The lowest BCUT2D eigenvalue weighted by atomic mass is 9.99. The molecule has 17 heavy (non-hydrogen) atoms. The Labute approximate surface area is 103 Å². The molecule has 0 spiro atoms. The number of hydrogen-bond acceptors (Lipinski definition) is 3. The summed E-state index contributed by atoms with van der Waals surface area (Å²) in [7, 11) is 1.76. The van der Waals surface area contributed by atoms with Crippen LogP contribution >= 0.6 is 0 Å². The lowest BCUT2D eigenvalue weighted by Gasteiger charge is -2.23. The van der Waals surface area contributed by atoms with E-state index < -0.39 is 0 Å². The van der Waals surface area contributed by atoms with E-state index in [2.05, 4.69) is 21.8 Å². The van der Waals surface area contributed by atoms with Gasteiger partial charge in [-0.2, -0.15) is 0 Å². The van der Waals surface area contributed by atoms with Gasteiger partial charge >= 0.3 is 0 Å². The summed E-state index contributed by atoms with van der Waals surface area (Å²) in [5.74, 6) is 1.84. The molecule has 1 aromatic heterocycles. The van der Waals surface area contributed by atoms with Crippen LogP contribution in [0.25, 0.3) is 0 Å². The van der Waals surface area contributed by atoms with E-state index in [-0.39, 0.29) is 0 Å². The molecule has 1 unspecified atom stereocenters. The molecular weight excluding hydrogens is 214 g/mol. The van der Waals surface area contributed by atoms with E-state index in [1.807, 2.05) is 6.20 Å². The molecule has 4 nitrogen and oxygen atoms in total. The molecule has 1 saturated heterocycles. The van der Waals surface area contributed by atoms with E-state index in [1.54, 1.807) is 7.11 Å². The zero-order valence-corrected chi connectivity index (χ0v) is 10.9. The van der Waals surface area contributed by atoms with Crippen LogP contribution in [0.2, 0.25) is 0 Å². The summed E-state index contributed by atoms with van der Waals surface area (Å²) in [6.07, 6.45) is 5.57. The van der Waals surface area contributed by atoms with Crippen LogP contribution in [0.3, 0.4) is 0 Å². The van der Waals surface area contributed by atoms with Crippen molar-refractivity contribution in [1.29, 1.82) is 0 Å². The van der Waals surface area contributed by atoms with Crippen molar-refractivity contribution in [2.24, 2.45) is 0 Å². The quantitative estimate of drug-likeness (QED) is 0.792. The molecule has 1 fully saturated rings. The highest BCUT2D eigenvalue weighted by atomic mass is 16.5. The molecule has 96 valence electrons. The predicted octanol–water partition coefficient (Wildman–Crippen LogP) is 1.70. The minimum atomic E-state index is 0.583. The van der Waals surface area contributed by atoms with E-state index >= 15 is 0 Å². The van der Waals surface area contributed by atoms with E-state index in [0.29, 0.717) is 5.92 Å². The summed E-state index contributed by atoms with van der Waals surface area (Å²) in [6, 6.07) is 0. The lowest BCUT2D eigenvalue weighted by molar-refractivity contribution is 0.189. The van der Waals surface area contributed by atoms with E-state index in [0.717, 1.165) is 32.7 Å². The molecule has 4 heteroatoms. The number of nitrogens with one attached hydrogen (secondary N) is 1. The van der Waals surface area contributed by atoms with Crippen molar-refractivity contribution < 1.29 is 4.74 Å². The molecule has 0 aliphatic carbocycles. The lowest BCUT2D eigenvalue weighted by Crippen LogP contribution is -2.30. The van der Waals surface area contributed by atoms with E-state index in [1.165, 1.54) is 24.4 Å². The number of aromatic nitrogens is 2. The number of methoxy groups -OCH3 is 1. The second kappa shape index (κ2) is 6.17. The maximum atomic E-state index is 5.12. The SMILES string of the molecule is COCCCn1c(C)cnc1C1CCCNC1. The van der Waals surface area contributed by atoms with Crippen LogP contribution in [0.15, 0.2) is 6.20 Å². The van der Waals surface area contributed by atoms with Crippen molar-refractivity contribution in [3.05, 3.63) is 17.7 Å². The minimum Gasteiger partial charge on any atom is -0.385 e. The number of imidazole rings is 1. The number of hydrogen-bond donors (Lipinski definition) is 1. The molecule has 1 N–H and O–H groups in total. The summed E-state index contributed by atoms with van der Waals surface area (Å²) in [5.41, 5.74) is 1.27. The first-order valence-electron chi connectivity index (χ1n) is 6.54. The van der Waals surface area contributed by atoms with Gasteiger partial charge in [-0.05, 0) is 32.7 Å². The maximum absolute atomic E-state index is 5.12. The van der Waals surface area contributed by atoms with Gasteiger partial charge in [-0.1, -0.05) is 0 Å². The third kappa shape index (κ3) is 3.07. The van der Waals surface area contributed by atoms with Gasteiger partial charge in [0.15, 0.2) is 0 Å². The van der Waals surface area contributed by atoms with Crippen molar-refractivity contribution >= 4 is 0 Å². The Morgan fingerprint density at radius 3 is 3.18 bits per heavy atom. The number of nitrogens with zero attached hydrogens (tertiary/aromatic N) is 2. The van der Waals surface area contributed by atoms with Crippen LogP contribution in [0.1, 0.15) is 36.7 Å². The highest BCUT2D eigenvalue weighted by molar-refractivity contribution is 5.09. The molecule has 0 aromatic carbocycles. The average Bonchev–Trinajstić information content (AvgIpc) is 2.73. The summed E-state index contributed by atoms with van der Waals surface area (Å²) in [5, 5.41) is 3.46. The van der Waals surface area contributed by atoms with Gasteiger partial charge in [0.25, 0.3) is 0 Å². The van der Waals surface area contributed by atoms with Crippen LogP contribution < -0.4 is 5.32 Å². The number of aryl methyl sites for hydroxylation is 1. The fourth-order valence-electron chi connectivity index (χ4n) is 2.54. The molecule has 0 saturated carbocycles. The largest absolute Gasteiger partial charge is 0.385 e. The first-order valence-corrected chi connectivity index (χ1v) is 6.54.